The molecule has 2 aromatic carbocycles. The Labute approximate surface area is 154 Å². The number of aliphatic hydroxyl groups excluding tert-OH is 3. The number of rotatable bonds is 6. The molecule has 0 bridgehead atoms. The molecule has 8 N–H and O–H groups in total. The molecule has 2 aromatic rings. The molecular formula is C20H30N2O4. The zero-order valence-electron chi connectivity index (χ0n) is 15.4. The Morgan fingerprint density at radius 2 is 1.42 bits per heavy atom. The maximum Gasteiger partial charge on any atom is 0.122 e. The molecule has 26 heavy (non-hydrogen) atoms. The van der Waals surface area contributed by atoms with Crippen LogP contribution >= 0.6 is 0 Å². The van der Waals surface area contributed by atoms with E-state index in [0.29, 0.717) is 18.1 Å². The van der Waals surface area contributed by atoms with Gasteiger partial charge in [-0.15, -0.1) is 0 Å². The quantitative estimate of drug-likeness (QED) is 0.430. The van der Waals surface area contributed by atoms with Gasteiger partial charge in [-0.3, -0.25) is 0 Å². The van der Waals surface area contributed by atoms with Gasteiger partial charge in [0.2, 0.25) is 0 Å². The van der Waals surface area contributed by atoms with Crippen molar-refractivity contribution in [3.05, 3.63) is 59.2 Å². The van der Waals surface area contributed by atoms with Gasteiger partial charge in [-0.25, -0.2) is 0 Å². The van der Waals surface area contributed by atoms with Crippen LogP contribution in [-0.2, 0) is 6.42 Å². The number of hydrogen-bond acceptors (Lipinski definition) is 6. The van der Waals surface area contributed by atoms with Crippen LogP contribution in [0.3, 0.4) is 0 Å². The molecule has 0 aliphatic rings. The third-order valence-electron chi connectivity index (χ3n) is 4.15. The molecule has 2 rings (SSSR count). The number of nitrogens with two attached hydrogens (primary N) is 2. The van der Waals surface area contributed by atoms with Gasteiger partial charge in [-0.1, -0.05) is 50.2 Å². The topological polar surface area (TPSA) is 133 Å². The molecule has 0 aliphatic heterocycles. The molecule has 0 amide bonds. The highest BCUT2D eigenvalue weighted by atomic mass is 16.3. The van der Waals surface area contributed by atoms with Crippen molar-refractivity contribution in [3.63, 3.8) is 0 Å². The van der Waals surface area contributed by atoms with Gasteiger partial charge in [0.1, 0.15) is 5.75 Å². The minimum Gasteiger partial charge on any atom is -0.507 e. The Morgan fingerprint density at radius 1 is 0.885 bits per heavy atom. The molecule has 0 aliphatic carbocycles. The Kier molecular flexibility index (Phi) is 8.54. The van der Waals surface area contributed by atoms with Crippen LogP contribution in [-0.4, -0.2) is 45.8 Å². The molecule has 0 atom stereocenters. The standard InChI is InChI=1S/C16H19NO.C4H11NO3/c1-11(2)14-8-5-7-13(16(14)18)10-12-6-3-4-9-15(12)17;5-4(1-6,2-7)3-8/h3-9,11,18H,10,17H2,1-2H3;6-8H,1-3,5H2. The van der Waals surface area contributed by atoms with Gasteiger partial charge < -0.3 is 31.9 Å². The molecule has 6 heteroatoms. The maximum atomic E-state index is 10.3. The van der Waals surface area contributed by atoms with Crippen LogP contribution in [0.25, 0.3) is 0 Å². The summed E-state index contributed by atoms with van der Waals surface area (Å²) in [5.41, 5.74) is 13.6. The van der Waals surface area contributed by atoms with E-state index >= 15 is 0 Å². The van der Waals surface area contributed by atoms with Gasteiger partial charge in [-0.05, 0) is 28.7 Å². The van der Waals surface area contributed by atoms with Crippen LogP contribution in [0.15, 0.2) is 42.5 Å². The second kappa shape index (κ2) is 10.1. The van der Waals surface area contributed by atoms with Crippen molar-refractivity contribution >= 4 is 5.69 Å². The summed E-state index contributed by atoms with van der Waals surface area (Å²) in [6.07, 6.45) is 0.666. The molecule has 0 heterocycles. The summed E-state index contributed by atoms with van der Waals surface area (Å²) in [5, 5.41) is 35.3. The van der Waals surface area contributed by atoms with Crippen molar-refractivity contribution in [1.29, 1.82) is 0 Å². The molecule has 0 aromatic heterocycles. The number of phenolic OH excluding ortho intramolecular Hbond substituents is 1. The lowest BCUT2D eigenvalue weighted by atomic mass is 9.95. The molecular weight excluding hydrogens is 332 g/mol. The van der Waals surface area contributed by atoms with E-state index in [4.69, 9.17) is 26.8 Å². The normalized spacial score (nSPS) is 11.2. The van der Waals surface area contributed by atoms with Crippen LogP contribution in [0, 0.1) is 0 Å². The second-order valence-corrected chi connectivity index (χ2v) is 6.72. The van der Waals surface area contributed by atoms with Gasteiger partial charge in [0, 0.05) is 12.1 Å². The summed E-state index contributed by atoms with van der Waals surface area (Å²) in [5.74, 6) is 0.717. The second-order valence-electron chi connectivity index (χ2n) is 6.72. The third-order valence-corrected chi connectivity index (χ3v) is 4.15. The van der Waals surface area contributed by atoms with E-state index in [1.165, 1.54) is 0 Å². The predicted octanol–water partition coefficient (Wildman–Crippen LogP) is 1.35. The fourth-order valence-electron chi connectivity index (χ4n) is 2.27. The van der Waals surface area contributed by atoms with Gasteiger partial charge in [0.05, 0.1) is 25.4 Å². The highest BCUT2D eigenvalue weighted by molar-refractivity contribution is 5.51. The smallest absolute Gasteiger partial charge is 0.122 e. The Bertz CT molecular complexity index is 677. The number of para-hydroxylation sites is 2. The SMILES string of the molecule is CC(C)c1cccc(Cc2ccccc2N)c1O.NC(CO)(CO)CO. The van der Waals surface area contributed by atoms with Crippen molar-refractivity contribution in [2.24, 2.45) is 5.73 Å². The van der Waals surface area contributed by atoms with E-state index in [2.05, 4.69) is 13.8 Å². The average molecular weight is 362 g/mol. The Hall–Kier alpha value is -2.12. The van der Waals surface area contributed by atoms with E-state index < -0.39 is 25.4 Å². The lowest BCUT2D eigenvalue weighted by Gasteiger charge is -2.20. The third kappa shape index (κ3) is 6.00. The predicted molar refractivity (Wildman–Crippen MR) is 104 cm³/mol. The number of anilines is 1. The molecule has 0 spiro atoms. The fourth-order valence-corrected chi connectivity index (χ4v) is 2.27. The number of hydrogen-bond donors (Lipinski definition) is 6. The monoisotopic (exact) mass is 362 g/mol. The minimum atomic E-state index is -1.21. The van der Waals surface area contributed by atoms with Crippen molar-refractivity contribution in [1.82, 2.24) is 0 Å². The number of phenols is 1. The molecule has 0 saturated heterocycles. The highest BCUT2D eigenvalue weighted by Gasteiger charge is 2.20. The summed E-state index contributed by atoms with van der Waals surface area (Å²) in [4.78, 5) is 0. The highest BCUT2D eigenvalue weighted by Crippen LogP contribution is 2.31. The van der Waals surface area contributed by atoms with Gasteiger partial charge in [-0.2, -0.15) is 0 Å². The van der Waals surface area contributed by atoms with Gasteiger partial charge >= 0.3 is 0 Å². The lowest BCUT2D eigenvalue weighted by molar-refractivity contribution is 0.0698. The lowest BCUT2D eigenvalue weighted by Crippen LogP contribution is -2.50. The van der Waals surface area contributed by atoms with Gasteiger partial charge in [0.25, 0.3) is 0 Å². The summed E-state index contributed by atoms with van der Waals surface area (Å²) in [6, 6.07) is 13.7. The van der Waals surface area contributed by atoms with Crippen LogP contribution < -0.4 is 11.5 Å². The van der Waals surface area contributed by atoms with E-state index in [0.717, 1.165) is 22.4 Å². The largest absolute Gasteiger partial charge is 0.507 e. The average Bonchev–Trinajstić information content (AvgIpc) is 2.65. The fraction of sp³-hybridized carbons (Fsp3) is 0.400. The molecule has 0 unspecified atom stereocenters. The number of nitrogen functional groups attached to an aromatic ring is 1. The zero-order chi connectivity index (χ0) is 19.7. The van der Waals surface area contributed by atoms with Crippen molar-refractivity contribution < 1.29 is 20.4 Å². The van der Waals surface area contributed by atoms with E-state index in [9.17, 15) is 5.11 Å². The minimum absolute atomic E-state index is 0.318. The van der Waals surface area contributed by atoms with Gasteiger partial charge in [0.15, 0.2) is 0 Å². The van der Waals surface area contributed by atoms with Crippen molar-refractivity contribution in [3.8, 4) is 5.75 Å². The number of aliphatic hydroxyl groups is 3. The zero-order valence-corrected chi connectivity index (χ0v) is 15.4. The van der Waals surface area contributed by atoms with Crippen LogP contribution in [0.4, 0.5) is 5.69 Å². The number of benzene rings is 2. The van der Waals surface area contributed by atoms with Crippen LogP contribution in [0.2, 0.25) is 0 Å². The summed E-state index contributed by atoms with van der Waals surface area (Å²) in [7, 11) is 0. The molecule has 144 valence electrons. The van der Waals surface area contributed by atoms with E-state index in [1.807, 2.05) is 42.5 Å². The van der Waals surface area contributed by atoms with E-state index in [-0.39, 0.29) is 0 Å². The van der Waals surface area contributed by atoms with Crippen LogP contribution in [0.5, 0.6) is 5.75 Å². The molecule has 6 nitrogen and oxygen atoms in total. The van der Waals surface area contributed by atoms with Crippen molar-refractivity contribution in [2.75, 3.05) is 25.6 Å². The molecule has 0 fully saturated rings. The Balaban J connectivity index is 0.000000359. The molecule has 0 saturated carbocycles. The van der Waals surface area contributed by atoms with E-state index in [1.54, 1.807) is 0 Å². The first-order valence-electron chi connectivity index (χ1n) is 8.53. The maximum absolute atomic E-state index is 10.3. The summed E-state index contributed by atoms with van der Waals surface area (Å²) >= 11 is 0. The molecule has 0 radical (unpaired) electrons. The number of aromatic hydroxyl groups is 1. The first-order valence-corrected chi connectivity index (χ1v) is 8.53. The Morgan fingerprint density at radius 3 is 1.88 bits per heavy atom. The van der Waals surface area contributed by atoms with Crippen LogP contribution in [0.1, 0.15) is 36.5 Å². The van der Waals surface area contributed by atoms with Crippen molar-refractivity contribution in [2.45, 2.75) is 31.7 Å². The summed E-state index contributed by atoms with van der Waals surface area (Å²) in [6.45, 7) is 2.95. The first kappa shape index (κ1) is 21.9. The first-order chi connectivity index (χ1) is 12.3. The summed E-state index contributed by atoms with van der Waals surface area (Å²) < 4.78 is 0.